The normalized spacial score (nSPS) is 18.3. The molecule has 3 rings (SSSR count). The van der Waals surface area contributed by atoms with E-state index in [2.05, 4.69) is 44.1 Å². The van der Waals surface area contributed by atoms with E-state index >= 15 is 0 Å². The van der Waals surface area contributed by atoms with Crippen LogP contribution in [0.25, 0.3) is 11.4 Å². The molecule has 0 bridgehead atoms. The van der Waals surface area contributed by atoms with Gasteiger partial charge in [-0.05, 0) is 37.3 Å². The lowest BCUT2D eigenvalue weighted by molar-refractivity contribution is 0.270. The average molecular weight is 440 g/mol. The van der Waals surface area contributed by atoms with Crippen LogP contribution in [0.1, 0.15) is 31.2 Å². The number of hydrogen-bond acceptors (Lipinski definition) is 3. The van der Waals surface area contributed by atoms with Crippen molar-refractivity contribution in [2.75, 3.05) is 13.1 Å². The molecule has 3 N–H and O–H groups in total. The first-order valence-electron chi connectivity index (χ1n) is 8.15. The Morgan fingerprint density at radius 1 is 1.46 bits per heavy atom. The molecule has 1 saturated heterocycles. The fraction of sp³-hybridized carbons (Fsp3) is 0.471. The van der Waals surface area contributed by atoms with Gasteiger partial charge in [-0.1, -0.05) is 25.1 Å². The molecule has 0 amide bonds. The molecule has 7 heteroatoms. The Bertz CT molecular complexity index is 696. The number of halogens is 1. The maximum absolute atomic E-state index is 6.16. The van der Waals surface area contributed by atoms with Gasteiger partial charge in [0, 0.05) is 18.7 Å². The molecule has 1 unspecified atom stereocenters. The summed E-state index contributed by atoms with van der Waals surface area (Å²) < 4.78 is 0. The molecule has 0 radical (unpaired) electrons. The van der Waals surface area contributed by atoms with E-state index in [0.717, 1.165) is 30.0 Å². The van der Waals surface area contributed by atoms with Gasteiger partial charge in [-0.15, -0.1) is 24.0 Å². The highest BCUT2D eigenvalue weighted by Crippen LogP contribution is 2.18. The average Bonchev–Trinajstić information content (AvgIpc) is 2.99. The molecular weight excluding hydrogens is 415 g/mol. The molecular formula is C17H25IN6. The zero-order chi connectivity index (χ0) is 16.2. The van der Waals surface area contributed by atoms with Crippen molar-refractivity contribution in [1.82, 2.24) is 20.1 Å². The maximum Gasteiger partial charge on any atom is 0.191 e. The molecule has 1 aliphatic heterocycles. The van der Waals surface area contributed by atoms with E-state index in [9.17, 15) is 0 Å². The molecule has 1 aromatic carbocycles. The molecule has 1 aromatic heterocycles. The van der Waals surface area contributed by atoms with Crippen molar-refractivity contribution in [3.63, 3.8) is 0 Å². The van der Waals surface area contributed by atoms with Crippen LogP contribution in [-0.4, -0.2) is 39.1 Å². The van der Waals surface area contributed by atoms with Crippen molar-refractivity contribution in [2.45, 2.75) is 33.2 Å². The smallest absolute Gasteiger partial charge is 0.191 e. The quantitative estimate of drug-likeness (QED) is 0.437. The molecule has 1 aliphatic rings. The monoisotopic (exact) mass is 440 g/mol. The van der Waals surface area contributed by atoms with Gasteiger partial charge in [-0.3, -0.25) is 5.10 Å². The van der Waals surface area contributed by atoms with Crippen LogP contribution < -0.4 is 5.73 Å². The Morgan fingerprint density at radius 3 is 3.00 bits per heavy atom. The Balaban J connectivity index is 0.00000208. The summed E-state index contributed by atoms with van der Waals surface area (Å²) in [5.41, 5.74) is 8.26. The van der Waals surface area contributed by atoms with E-state index < -0.39 is 0 Å². The second-order valence-corrected chi connectivity index (χ2v) is 6.31. The third-order valence-corrected chi connectivity index (χ3v) is 4.19. The minimum atomic E-state index is 0. The van der Waals surface area contributed by atoms with Crippen LogP contribution in [0.2, 0.25) is 0 Å². The number of benzene rings is 1. The zero-order valence-electron chi connectivity index (χ0n) is 14.2. The Morgan fingerprint density at radius 2 is 2.29 bits per heavy atom. The van der Waals surface area contributed by atoms with E-state index in [1.165, 1.54) is 12.8 Å². The van der Waals surface area contributed by atoms with E-state index in [1.807, 2.05) is 19.1 Å². The number of nitrogens with two attached hydrogens (primary N) is 1. The first-order valence-corrected chi connectivity index (χ1v) is 8.15. The first-order chi connectivity index (χ1) is 11.1. The molecule has 0 spiro atoms. The third kappa shape index (κ3) is 4.68. The van der Waals surface area contributed by atoms with Crippen LogP contribution in [0.4, 0.5) is 0 Å². The van der Waals surface area contributed by atoms with Gasteiger partial charge in [0.15, 0.2) is 11.8 Å². The van der Waals surface area contributed by atoms with Gasteiger partial charge in [-0.2, -0.15) is 5.10 Å². The zero-order valence-corrected chi connectivity index (χ0v) is 16.5. The number of aromatic nitrogens is 3. The summed E-state index contributed by atoms with van der Waals surface area (Å²) in [6.45, 7) is 6.75. The van der Waals surface area contributed by atoms with Crippen molar-refractivity contribution in [3.8, 4) is 11.4 Å². The van der Waals surface area contributed by atoms with Crippen molar-refractivity contribution in [2.24, 2.45) is 16.6 Å². The van der Waals surface area contributed by atoms with Crippen LogP contribution in [-0.2, 0) is 6.54 Å². The van der Waals surface area contributed by atoms with Crippen LogP contribution in [0.3, 0.4) is 0 Å². The number of aliphatic imine (C=N–C) groups is 1. The fourth-order valence-electron chi connectivity index (χ4n) is 2.95. The van der Waals surface area contributed by atoms with Crippen LogP contribution in [0.15, 0.2) is 29.3 Å². The lowest BCUT2D eigenvalue weighted by Crippen LogP contribution is -2.43. The highest BCUT2D eigenvalue weighted by atomic mass is 127. The van der Waals surface area contributed by atoms with Gasteiger partial charge < -0.3 is 10.6 Å². The molecule has 6 nitrogen and oxygen atoms in total. The Hall–Kier alpha value is -1.64. The summed E-state index contributed by atoms with van der Waals surface area (Å²) >= 11 is 0. The maximum atomic E-state index is 6.16. The lowest BCUT2D eigenvalue weighted by atomic mass is 10.0. The van der Waals surface area contributed by atoms with Gasteiger partial charge in [0.05, 0.1) is 6.54 Å². The first kappa shape index (κ1) is 18.7. The molecule has 0 aliphatic carbocycles. The van der Waals surface area contributed by atoms with Gasteiger partial charge in [0.25, 0.3) is 0 Å². The topological polar surface area (TPSA) is 83.2 Å². The van der Waals surface area contributed by atoms with Crippen LogP contribution in [0, 0.1) is 12.8 Å². The van der Waals surface area contributed by atoms with Gasteiger partial charge in [0.2, 0.25) is 0 Å². The standard InChI is InChI=1S/C17H24N6.HI/c1-12-5-4-8-23(11-12)17(18)19-10-14-6-3-7-15(9-14)16-20-13(2)21-22-16;/h3,6-7,9,12H,4-5,8,10-11H2,1-2H3,(H2,18,19)(H,20,21,22);1H. The molecule has 130 valence electrons. The highest BCUT2D eigenvalue weighted by molar-refractivity contribution is 14.0. The molecule has 0 saturated carbocycles. The number of guanidine groups is 1. The number of nitrogens with zero attached hydrogens (tertiary/aromatic N) is 4. The van der Waals surface area contributed by atoms with Crippen molar-refractivity contribution in [1.29, 1.82) is 0 Å². The summed E-state index contributed by atoms with van der Waals surface area (Å²) in [6.07, 6.45) is 2.47. The highest BCUT2D eigenvalue weighted by Gasteiger charge is 2.17. The Kier molecular flexibility index (Phi) is 6.59. The molecule has 2 heterocycles. The summed E-state index contributed by atoms with van der Waals surface area (Å²) in [7, 11) is 0. The van der Waals surface area contributed by atoms with E-state index in [1.54, 1.807) is 0 Å². The Labute approximate surface area is 160 Å². The van der Waals surface area contributed by atoms with E-state index in [-0.39, 0.29) is 24.0 Å². The predicted octanol–water partition coefficient (Wildman–Crippen LogP) is 2.94. The van der Waals surface area contributed by atoms with Crippen molar-refractivity contribution in [3.05, 3.63) is 35.7 Å². The van der Waals surface area contributed by atoms with Gasteiger partial charge >= 0.3 is 0 Å². The third-order valence-electron chi connectivity index (χ3n) is 4.19. The molecule has 2 aromatic rings. The predicted molar refractivity (Wildman–Crippen MR) is 107 cm³/mol. The van der Waals surface area contributed by atoms with Crippen LogP contribution in [0.5, 0.6) is 0 Å². The number of likely N-dealkylation sites (tertiary alicyclic amines) is 1. The van der Waals surface area contributed by atoms with E-state index in [0.29, 0.717) is 24.2 Å². The number of hydrogen-bond donors (Lipinski definition) is 2. The number of piperidine rings is 1. The number of H-pyrrole nitrogens is 1. The summed E-state index contributed by atoms with van der Waals surface area (Å²) in [5.74, 6) is 2.86. The van der Waals surface area contributed by atoms with Crippen LogP contribution >= 0.6 is 24.0 Å². The summed E-state index contributed by atoms with van der Waals surface area (Å²) in [4.78, 5) is 11.1. The van der Waals surface area contributed by atoms with Crippen molar-refractivity contribution >= 4 is 29.9 Å². The van der Waals surface area contributed by atoms with Gasteiger partial charge in [0.1, 0.15) is 5.82 Å². The summed E-state index contributed by atoms with van der Waals surface area (Å²) in [5, 5.41) is 7.07. The summed E-state index contributed by atoms with van der Waals surface area (Å²) in [6, 6.07) is 8.13. The minimum Gasteiger partial charge on any atom is -0.370 e. The largest absolute Gasteiger partial charge is 0.370 e. The number of aromatic amines is 1. The number of aryl methyl sites for hydroxylation is 1. The molecule has 1 fully saturated rings. The number of nitrogens with one attached hydrogen (secondary N) is 1. The lowest BCUT2D eigenvalue weighted by Gasteiger charge is -2.31. The van der Waals surface area contributed by atoms with E-state index in [4.69, 9.17) is 5.73 Å². The SMILES string of the molecule is Cc1nc(-c2cccc(CN=C(N)N3CCCC(C)C3)c2)n[nH]1.I. The minimum absolute atomic E-state index is 0. The van der Waals surface area contributed by atoms with Gasteiger partial charge in [-0.25, -0.2) is 9.98 Å². The second-order valence-electron chi connectivity index (χ2n) is 6.31. The van der Waals surface area contributed by atoms with Crippen molar-refractivity contribution < 1.29 is 0 Å². The second kappa shape index (κ2) is 8.46. The molecule has 24 heavy (non-hydrogen) atoms. The number of rotatable bonds is 3. The molecule has 1 atom stereocenters. The fourth-order valence-corrected chi connectivity index (χ4v) is 2.95.